The van der Waals surface area contributed by atoms with Crippen molar-refractivity contribution in [1.82, 2.24) is 57.7 Å². The first-order valence-electron chi connectivity index (χ1n) is 31.6. The second-order valence-electron chi connectivity index (χ2n) is 24.0. The summed E-state index contributed by atoms with van der Waals surface area (Å²) in [7, 11) is 0. The summed E-state index contributed by atoms with van der Waals surface area (Å²) in [5.74, 6) is -14.2. The van der Waals surface area contributed by atoms with Gasteiger partial charge in [0.05, 0.1) is 18.8 Å². The van der Waals surface area contributed by atoms with E-state index in [4.69, 9.17) is 11.5 Å². The average Bonchev–Trinajstić information content (AvgIpc) is 1.75. The maximum absolute atomic E-state index is 14.6. The van der Waals surface area contributed by atoms with Crippen LogP contribution in [0.3, 0.4) is 0 Å². The summed E-state index contributed by atoms with van der Waals surface area (Å²) in [6.07, 6.45) is -1.56. The van der Waals surface area contributed by atoms with E-state index in [9.17, 15) is 92.7 Å². The molecule has 2 aliphatic heterocycles. The van der Waals surface area contributed by atoms with Gasteiger partial charge in [-0.3, -0.25) is 62.3 Å². The summed E-state index contributed by atoms with van der Waals surface area (Å²) in [4.78, 5) is 192. The molecule has 536 valence electrons. The fraction of sp³-hybridized carbons (Fsp3) is 0.581. The van der Waals surface area contributed by atoms with E-state index in [2.05, 4.69) is 73.1 Å². The molecule has 12 amide bonds. The number of carboxylic acid groups (broad SMARTS) is 2. The lowest BCUT2D eigenvalue weighted by molar-refractivity contribution is -0.145. The molecule has 0 unspecified atom stereocenters. The molecule has 0 bridgehead atoms. The lowest BCUT2D eigenvalue weighted by Gasteiger charge is -2.32. The third kappa shape index (κ3) is 25.9. The van der Waals surface area contributed by atoms with E-state index in [1.54, 1.807) is 50.4 Å². The molecule has 35 heteroatoms. The minimum absolute atomic E-state index is 0.0254. The smallest absolute Gasteiger partial charge is 0.327 e. The highest BCUT2D eigenvalue weighted by molar-refractivity contribution is 7.98. The van der Waals surface area contributed by atoms with E-state index in [-0.39, 0.29) is 99.8 Å². The molecule has 2 aromatic rings. The van der Waals surface area contributed by atoms with E-state index >= 15 is 0 Å². The van der Waals surface area contributed by atoms with Gasteiger partial charge >= 0.3 is 11.9 Å². The number of nitrogens with two attached hydrogens (primary N) is 2. The van der Waals surface area contributed by atoms with Crippen molar-refractivity contribution in [2.75, 3.05) is 43.2 Å². The van der Waals surface area contributed by atoms with Crippen molar-refractivity contribution in [3.8, 4) is 5.75 Å². The summed E-state index contributed by atoms with van der Waals surface area (Å²) in [6.45, 7) is 3.53. The Bertz CT molecular complexity index is 3080. The van der Waals surface area contributed by atoms with Gasteiger partial charge in [0, 0.05) is 50.3 Å². The molecule has 2 saturated heterocycles. The number of phenols is 1. The van der Waals surface area contributed by atoms with Crippen LogP contribution in [0.2, 0.25) is 0 Å². The number of likely N-dealkylation sites (tertiary alicyclic amines) is 2. The van der Waals surface area contributed by atoms with E-state index in [0.717, 1.165) is 11.8 Å². The SMILES string of the molecule is CSCC[C@H](NC(=O)[C@H](Cc1ccc(O)cc1)NC(=O)[C@@H]1CCCN1C(=O)[C@H](CC(C)C)NC(=O)[C@H](CCC(N)=O)NC(=O)[C@@H](N)CS)C(=O)N[C@@H](CO)C(=O)N[C@H](C(=O)N1CCC[C@H]1C(=O)N[C@@H](CCC(=O)O)C(=O)N[C@@H](Cc1ccccc1)C(=O)N[C@@H](CS)C(=O)O)[C@@H](C)O. The number of aliphatic hydroxyl groups is 2. The number of thiol groups is 2. The van der Waals surface area contributed by atoms with Crippen molar-refractivity contribution in [2.24, 2.45) is 17.4 Å². The first-order valence-corrected chi connectivity index (χ1v) is 34.2. The van der Waals surface area contributed by atoms with Crippen LogP contribution in [-0.2, 0) is 80.0 Å². The molecule has 32 nitrogen and oxygen atoms in total. The van der Waals surface area contributed by atoms with E-state index < -0.39 is 181 Å². The average molecular weight is 1420 g/mol. The Balaban J connectivity index is 1.53. The number of carboxylic acids is 2. The van der Waals surface area contributed by atoms with Crippen LogP contribution in [0.4, 0.5) is 0 Å². The van der Waals surface area contributed by atoms with Crippen LogP contribution >= 0.6 is 37.0 Å². The van der Waals surface area contributed by atoms with Crippen LogP contribution in [0, 0.1) is 5.92 Å². The Labute approximate surface area is 576 Å². The van der Waals surface area contributed by atoms with Crippen molar-refractivity contribution in [3.05, 3.63) is 65.7 Å². The van der Waals surface area contributed by atoms with Crippen LogP contribution < -0.4 is 59.3 Å². The highest BCUT2D eigenvalue weighted by Gasteiger charge is 2.44. The minimum Gasteiger partial charge on any atom is -0.508 e. The van der Waals surface area contributed by atoms with Gasteiger partial charge in [0.2, 0.25) is 70.9 Å². The third-order valence-corrected chi connectivity index (χ3v) is 17.4. The fourth-order valence-corrected chi connectivity index (χ4v) is 11.6. The number of aliphatic carboxylic acids is 2. The maximum Gasteiger partial charge on any atom is 0.327 e. The molecule has 97 heavy (non-hydrogen) atoms. The predicted octanol–water partition coefficient (Wildman–Crippen LogP) is -3.90. The van der Waals surface area contributed by atoms with Gasteiger partial charge in [-0.1, -0.05) is 56.3 Å². The van der Waals surface area contributed by atoms with E-state index in [1.807, 2.05) is 0 Å². The Morgan fingerprint density at radius 3 is 1.49 bits per heavy atom. The number of aliphatic hydroxyl groups excluding tert-OH is 2. The molecule has 18 N–H and O–H groups in total. The van der Waals surface area contributed by atoms with Crippen molar-refractivity contribution < 1.29 is 92.7 Å². The first-order chi connectivity index (χ1) is 45.9. The molecule has 0 radical (unpaired) electrons. The Hall–Kier alpha value is -8.25. The zero-order valence-electron chi connectivity index (χ0n) is 54.3. The zero-order valence-corrected chi connectivity index (χ0v) is 56.9. The minimum atomic E-state index is -1.86. The first kappa shape index (κ1) is 81.2. The van der Waals surface area contributed by atoms with Crippen molar-refractivity contribution in [2.45, 2.75) is 176 Å². The quantitative estimate of drug-likeness (QED) is 0.0284. The van der Waals surface area contributed by atoms with Gasteiger partial charge in [0.15, 0.2) is 0 Å². The fourth-order valence-electron chi connectivity index (χ4n) is 10.7. The predicted molar refractivity (Wildman–Crippen MR) is 359 cm³/mol. The highest BCUT2D eigenvalue weighted by atomic mass is 32.2. The summed E-state index contributed by atoms with van der Waals surface area (Å²) in [5, 5.41) is 73.2. The van der Waals surface area contributed by atoms with Gasteiger partial charge in [0.25, 0.3) is 0 Å². The lowest BCUT2D eigenvalue weighted by atomic mass is 10.0. The van der Waals surface area contributed by atoms with Crippen molar-refractivity contribution in [1.29, 1.82) is 0 Å². The number of hydrogen-bond acceptors (Lipinski definition) is 21. The number of aromatic hydroxyl groups is 1. The molecule has 2 aliphatic rings. The van der Waals surface area contributed by atoms with Crippen LogP contribution in [0.1, 0.15) is 96.1 Å². The number of thioether (sulfide) groups is 1. The normalized spacial score (nSPS) is 17.8. The van der Waals surface area contributed by atoms with Crippen LogP contribution in [-0.4, -0.2) is 240 Å². The highest BCUT2D eigenvalue weighted by Crippen LogP contribution is 2.24. The molecule has 0 aliphatic carbocycles. The van der Waals surface area contributed by atoms with Crippen LogP contribution in [0.25, 0.3) is 0 Å². The second-order valence-corrected chi connectivity index (χ2v) is 25.7. The molecule has 4 rings (SSSR count). The summed E-state index contributed by atoms with van der Waals surface area (Å²) in [6, 6.07) is -3.61. The standard InChI is InChI=1S/C62H91N13O19S3/c1-32(2)26-43(70-53(84)38(18-20-48(64)79)65-51(82)37(63)30-95)60(91)74-23-8-12-46(74)59(90)69-42(28-35-14-16-36(78)17-15-35)55(86)66-40(22-25-97-4)54(85)71-44(29-76)57(88)73-50(33(3)77)61(92)75-24-9-13-47(75)58(89)67-39(19-21-49(80)81)52(83)68-41(27-34-10-6-5-7-11-34)56(87)72-45(31-96)62(93)94/h5-7,10-11,14-17,32-33,37-47,50,76-78,95-96H,8-9,12-13,18-31,63H2,1-4H3,(H2,64,79)(H,65,82)(H,66,86)(H,67,89)(H,68,83)(H,69,90)(H,70,84)(H,71,85)(H,72,87)(H,73,88)(H,80,81)(H,93,94)/t33-,37+,38+,39+,40+,41+,42+,43+,44+,45+,46+,47+,50+/m1/s1. The molecule has 2 aromatic carbocycles. The summed E-state index contributed by atoms with van der Waals surface area (Å²) < 4.78 is 0. The van der Waals surface area contributed by atoms with Gasteiger partial charge in [-0.25, -0.2) is 4.79 Å². The number of carbonyl (C=O) groups excluding carboxylic acids is 12. The lowest BCUT2D eigenvalue weighted by Crippen LogP contribution is -2.62. The summed E-state index contributed by atoms with van der Waals surface area (Å²) in [5.41, 5.74) is 12.1. The number of benzene rings is 2. The second kappa shape index (κ2) is 40.5. The topological polar surface area (TPSA) is 507 Å². The Morgan fingerprint density at radius 2 is 1.00 bits per heavy atom. The number of primary amides is 1. The molecular formula is C62H91N13O19S3. The van der Waals surface area contributed by atoms with Crippen LogP contribution in [0.5, 0.6) is 5.75 Å². The molecule has 0 saturated carbocycles. The van der Waals surface area contributed by atoms with Gasteiger partial charge in [0.1, 0.15) is 72.2 Å². The van der Waals surface area contributed by atoms with E-state index in [1.165, 1.54) is 40.9 Å². The molecule has 13 atom stereocenters. The number of hydrogen-bond donors (Lipinski definition) is 18. The van der Waals surface area contributed by atoms with Gasteiger partial charge in [-0.15, -0.1) is 0 Å². The van der Waals surface area contributed by atoms with Gasteiger partial charge in [-0.2, -0.15) is 37.0 Å². The van der Waals surface area contributed by atoms with Crippen molar-refractivity contribution in [3.63, 3.8) is 0 Å². The molecule has 2 heterocycles. The Morgan fingerprint density at radius 1 is 0.557 bits per heavy atom. The molecule has 0 aromatic heterocycles. The van der Waals surface area contributed by atoms with Gasteiger partial charge in [-0.05, 0) is 99.5 Å². The van der Waals surface area contributed by atoms with E-state index in [0.29, 0.717) is 17.5 Å². The zero-order chi connectivity index (χ0) is 72.2. The number of phenolic OH excluding ortho intramolecular Hbond substituents is 1. The molecule has 2 fully saturated rings. The number of nitrogens with zero attached hydrogens (tertiary/aromatic N) is 2. The maximum atomic E-state index is 14.6. The van der Waals surface area contributed by atoms with Crippen molar-refractivity contribution >= 4 is 120 Å². The van der Waals surface area contributed by atoms with Crippen LogP contribution in [0.15, 0.2) is 54.6 Å². The number of amides is 12. The van der Waals surface area contributed by atoms with Gasteiger partial charge < -0.3 is 94.7 Å². The Kier molecular flexibility index (Phi) is 33.9. The third-order valence-electron chi connectivity index (χ3n) is 16.0. The largest absolute Gasteiger partial charge is 0.508 e. The molecular weight excluding hydrogens is 1330 g/mol. The number of nitrogens with one attached hydrogen (secondary N) is 9. The number of rotatable bonds is 40. The molecule has 0 spiro atoms. The number of carbonyl (C=O) groups is 14. The monoisotopic (exact) mass is 1420 g/mol. The summed E-state index contributed by atoms with van der Waals surface area (Å²) >= 11 is 9.28.